The van der Waals surface area contributed by atoms with Gasteiger partial charge in [0, 0.05) is 11.4 Å². The molecule has 0 bridgehead atoms. The quantitative estimate of drug-likeness (QED) is 0.573. The molecule has 0 aliphatic heterocycles. The van der Waals surface area contributed by atoms with E-state index in [4.69, 9.17) is 10.5 Å². The molecule has 0 aliphatic carbocycles. The molecule has 4 heteroatoms. The highest BCUT2D eigenvalue weighted by atomic mass is 16.6. The molecule has 1 rings (SSSR count). The number of nitrogen functional groups attached to an aromatic ring is 1. The fraction of sp³-hybridized carbons (Fsp3) is 0.533. The molecule has 106 valence electrons. The van der Waals surface area contributed by atoms with Crippen molar-refractivity contribution in [2.75, 3.05) is 11.1 Å². The van der Waals surface area contributed by atoms with Crippen LogP contribution in [0, 0.1) is 0 Å². The third-order valence-electron chi connectivity index (χ3n) is 2.91. The maximum Gasteiger partial charge on any atom is 0.411 e. The van der Waals surface area contributed by atoms with Crippen LogP contribution in [0.5, 0.6) is 0 Å². The summed E-state index contributed by atoms with van der Waals surface area (Å²) in [4.78, 5) is 11.6. The van der Waals surface area contributed by atoms with Gasteiger partial charge in [-0.1, -0.05) is 32.3 Å². The van der Waals surface area contributed by atoms with Crippen molar-refractivity contribution in [2.45, 2.75) is 52.1 Å². The van der Waals surface area contributed by atoms with Crippen molar-refractivity contribution < 1.29 is 9.53 Å². The van der Waals surface area contributed by atoms with Crippen LogP contribution in [0.1, 0.15) is 46.0 Å². The molecule has 0 saturated carbocycles. The van der Waals surface area contributed by atoms with E-state index in [0.29, 0.717) is 11.4 Å². The molecule has 1 unspecified atom stereocenters. The zero-order chi connectivity index (χ0) is 14.1. The number of carbonyl (C=O) groups is 1. The molecule has 19 heavy (non-hydrogen) atoms. The number of hydrogen-bond donors (Lipinski definition) is 2. The minimum atomic E-state index is -0.423. The van der Waals surface area contributed by atoms with Crippen molar-refractivity contribution in [1.82, 2.24) is 0 Å². The first-order chi connectivity index (χ1) is 9.11. The maximum atomic E-state index is 11.6. The number of amides is 1. The van der Waals surface area contributed by atoms with Gasteiger partial charge >= 0.3 is 6.09 Å². The Morgan fingerprint density at radius 3 is 2.84 bits per heavy atom. The third-order valence-corrected chi connectivity index (χ3v) is 2.91. The fourth-order valence-corrected chi connectivity index (χ4v) is 1.86. The second-order valence-corrected chi connectivity index (χ2v) is 4.82. The van der Waals surface area contributed by atoms with Gasteiger partial charge in [0.25, 0.3) is 0 Å². The van der Waals surface area contributed by atoms with Gasteiger partial charge < -0.3 is 10.5 Å². The van der Waals surface area contributed by atoms with Gasteiger partial charge in [-0.3, -0.25) is 5.32 Å². The average Bonchev–Trinajstić information content (AvgIpc) is 2.34. The molecular weight excluding hydrogens is 240 g/mol. The van der Waals surface area contributed by atoms with Gasteiger partial charge in [0.15, 0.2) is 0 Å². The number of benzene rings is 1. The van der Waals surface area contributed by atoms with Crippen molar-refractivity contribution >= 4 is 17.5 Å². The lowest BCUT2D eigenvalue weighted by atomic mass is 10.1. The first-order valence-electron chi connectivity index (χ1n) is 6.95. The Morgan fingerprint density at radius 1 is 1.37 bits per heavy atom. The fourth-order valence-electron chi connectivity index (χ4n) is 1.86. The van der Waals surface area contributed by atoms with Crippen LogP contribution in [0.3, 0.4) is 0 Å². The Kier molecular flexibility index (Phi) is 6.79. The third kappa shape index (κ3) is 6.70. The lowest BCUT2D eigenvalue weighted by Gasteiger charge is -2.14. The Morgan fingerprint density at radius 2 is 2.16 bits per heavy atom. The van der Waals surface area contributed by atoms with Crippen LogP contribution in [0.25, 0.3) is 0 Å². The van der Waals surface area contributed by atoms with Crippen LogP contribution < -0.4 is 11.1 Å². The van der Waals surface area contributed by atoms with Crippen LogP contribution in [0.15, 0.2) is 24.3 Å². The Hall–Kier alpha value is -1.71. The number of nitrogens with one attached hydrogen (secondary N) is 1. The Labute approximate surface area is 115 Å². The van der Waals surface area contributed by atoms with E-state index in [1.54, 1.807) is 24.3 Å². The maximum absolute atomic E-state index is 11.6. The molecule has 0 aromatic heterocycles. The SMILES string of the molecule is CCCCCCC(C)OC(=O)Nc1cccc(N)c1. The van der Waals surface area contributed by atoms with Gasteiger partial charge in [-0.25, -0.2) is 4.79 Å². The molecule has 1 atom stereocenters. The minimum Gasteiger partial charge on any atom is -0.446 e. The van der Waals surface area contributed by atoms with Crippen molar-refractivity contribution in [3.05, 3.63) is 24.3 Å². The van der Waals surface area contributed by atoms with E-state index in [-0.39, 0.29) is 6.10 Å². The van der Waals surface area contributed by atoms with E-state index in [1.165, 1.54) is 19.3 Å². The highest BCUT2D eigenvalue weighted by Crippen LogP contribution is 2.13. The highest BCUT2D eigenvalue weighted by Gasteiger charge is 2.09. The lowest BCUT2D eigenvalue weighted by Crippen LogP contribution is -2.20. The van der Waals surface area contributed by atoms with Crippen LogP contribution in [-0.4, -0.2) is 12.2 Å². The molecule has 0 heterocycles. The molecular formula is C15H24N2O2. The summed E-state index contributed by atoms with van der Waals surface area (Å²) < 4.78 is 5.28. The van der Waals surface area contributed by atoms with Gasteiger partial charge in [0.2, 0.25) is 0 Å². The van der Waals surface area contributed by atoms with Crippen molar-refractivity contribution in [3.63, 3.8) is 0 Å². The van der Waals surface area contributed by atoms with Crippen LogP contribution in [0.4, 0.5) is 16.2 Å². The number of nitrogens with two attached hydrogens (primary N) is 1. The van der Waals surface area contributed by atoms with Gasteiger partial charge in [-0.2, -0.15) is 0 Å². The summed E-state index contributed by atoms with van der Waals surface area (Å²) in [6.07, 6.45) is 5.17. The molecule has 3 N–H and O–H groups in total. The van der Waals surface area contributed by atoms with Crippen LogP contribution in [-0.2, 0) is 4.74 Å². The molecule has 0 radical (unpaired) electrons. The van der Waals surface area contributed by atoms with E-state index < -0.39 is 6.09 Å². The molecule has 1 amide bonds. The number of ether oxygens (including phenoxy) is 1. The molecule has 1 aromatic rings. The molecule has 4 nitrogen and oxygen atoms in total. The molecule has 0 saturated heterocycles. The number of unbranched alkanes of at least 4 members (excludes halogenated alkanes) is 3. The van der Waals surface area contributed by atoms with Crippen LogP contribution >= 0.6 is 0 Å². The molecule has 0 aliphatic rings. The number of anilines is 2. The van der Waals surface area contributed by atoms with E-state index in [1.807, 2.05) is 6.92 Å². The summed E-state index contributed by atoms with van der Waals surface area (Å²) in [5, 5.41) is 2.67. The molecule has 0 spiro atoms. The van der Waals surface area contributed by atoms with E-state index >= 15 is 0 Å². The number of rotatable bonds is 7. The minimum absolute atomic E-state index is 0.0575. The molecule has 1 aromatic carbocycles. The summed E-state index contributed by atoms with van der Waals surface area (Å²) in [6, 6.07) is 7.04. The lowest BCUT2D eigenvalue weighted by molar-refractivity contribution is 0.114. The van der Waals surface area contributed by atoms with Gasteiger partial charge in [-0.05, 0) is 38.0 Å². The van der Waals surface area contributed by atoms with E-state index in [0.717, 1.165) is 12.8 Å². The van der Waals surface area contributed by atoms with Crippen LogP contribution in [0.2, 0.25) is 0 Å². The predicted molar refractivity (Wildman–Crippen MR) is 79.2 cm³/mol. The summed E-state index contributed by atoms with van der Waals surface area (Å²) in [5.41, 5.74) is 6.91. The summed E-state index contributed by atoms with van der Waals surface area (Å²) in [5.74, 6) is 0. The normalized spacial score (nSPS) is 11.9. The first-order valence-corrected chi connectivity index (χ1v) is 6.95. The monoisotopic (exact) mass is 264 g/mol. The summed E-state index contributed by atoms with van der Waals surface area (Å²) >= 11 is 0. The van der Waals surface area contributed by atoms with E-state index in [2.05, 4.69) is 12.2 Å². The second-order valence-electron chi connectivity index (χ2n) is 4.82. The summed E-state index contributed by atoms with van der Waals surface area (Å²) in [7, 11) is 0. The highest BCUT2D eigenvalue weighted by molar-refractivity contribution is 5.85. The Bertz CT molecular complexity index is 393. The predicted octanol–water partition coefficient (Wildman–Crippen LogP) is 4.18. The smallest absolute Gasteiger partial charge is 0.411 e. The van der Waals surface area contributed by atoms with Crippen molar-refractivity contribution in [1.29, 1.82) is 0 Å². The van der Waals surface area contributed by atoms with E-state index in [9.17, 15) is 4.79 Å². The summed E-state index contributed by atoms with van der Waals surface area (Å²) in [6.45, 7) is 4.10. The van der Waals surface area contributed by atoms with Gasteiger partial charge in [-0.15, -0.1) is 0 Å². The zero-order valence-corrected chi connectivity index (χ0v) is 11.8. The van der Waals surface area contributed by atoms with Crippen molar-refractivity contribution in [3.8, 4) is 0 Å². The zero-order valence-electron chi connectivity index (χ0n) is 11.8. The number of hydrogen-bond acceptors (Lipinski definition) is 3. The van der Waals surface area contributed by atoms with Crippen molar-refractivity contribution in [2.24, 2.45) is 0 Å². The second kappa shape index (κ2) is 8.40. The largest absolute Gasteiger partial charge is 0.446 e. The molecule has 0 fully saturated rings. The van der Waals surface area contributed by atoms with Gasteiger partial charge in [0.1, 0.15) is 6.10 Å². The van der Waals surface area contributed by atoms with Gasteiger partial charge in [0.05, 0.1) is 0 Å². The number of carbonyl (C=O) groups excluding carboxylic acids is 1. The topological polar surface area (TPSA) is 64.3 Å². The standard InChI is InChI=1S/C15H24N2O2/c1-3-4-5-6-8-12(2)19-15(18)17-14-10-7-9-13(16)11-14/h7,9-12H,3-6,8,16H2,1-2H3,(H,17,18). The average molecular weight is 264 g/mol. The first kappa shape index (κ1) is 15.3. The Balaban J connectivity index is 2.26.